The Morgan fingerprint density at radius 1 is 1.14 bits per heavy atom. The van der Waals surface area contributed by atoms with Crippen LogP contribution in [0.1, 0.15) is 11.4 Å². The van der Waals surface area contributed by atoms with E-state index in [1.165, 1.54) is 0 Å². The zero-order chi connectivity index (χ0) is 14.8. The predicted molar refractivity (Wildman–Crippen MR) is 86.1 cm³/mol. The van der Waals surface area contributed by atoms with Crippen molar-refractivity contribution in [2.45, 2.75) is 6.42 Å². The molecule has 0 aliphatic heterocycles. The number of hydrogen-bond acceptors (Lipinski definition) is 4. The van der Waals surface area contributed by atoms with Crippen molar-refractivity contribution in [1.29, 1.82) is 0 Å². The first-order valence-corrected chi connectivity index (χ1v) is 7.42. The molecule has 4 nitrogen and oxygen atoms in total. The topological polar surface area (TPSA) is 64.9 Å². The van der Waals surface area contributed by atoms with Crippen LogP contribution in [0.5, 0.6) is 0 Å². The summed E-state index contributed by atoms with van der Waals surface area (Å²) in [7, 11) is 0. The second kappa shape index (κ2) is 5.87. The van der Waals surface area contributed by atoms with Gasteiger partial charge in [0.15, 0.2) is 5.82 Å². The molecule has 0 unspecified atom stereocenters. The molecule has 0 saturated heterocycles. The van der Waals surface area contributed by atoms with Gasteiger partial charge in [0, 0.05) is 10.9 Å². The third-order valence-corrected chi connectivity index (χ3v) is 4.16. The summed E-state index contributed by atoms with van der Waals surface area (Å²) < 4.78 is 6.30. The van der Waals surface area contributed by atoms with Gasteiger partial charge in [-0.15, -0.1) is 0 Å². The van der Waals surface area contributed by atoms with E-state index in [1.807, 2.05) is 24.3 Å². The number of nitrogens with two attached hydrogens (primary N) is 1. The Morgan fingerprint density at radius 2 is 1.95 bits per heavy atom. The highest BCUT2D eigenvalue weighted by Gasteiger charge is 2.14. The zero-order valence-corrected chi connectivity index (χ0v) is 13.2. The molecular formula is C15H11BrClN3O. The molecule has 0 saturated carbocycles. The summed E-state index contributed by atoms with van der Waals surface area (Å²) in [6.45, 7) is 0. The fourth-order valence-corrected chi connectivity index (χ4v) is 2.57. The van der Waals surface area contributed by atoms with Crippen LogP contribution in [0.15, 0.2) is 51.5 Å². The minimum atomic E-state index is 0.372. The Kier molecular flexibility index (Phi) is 3.94. The van der Waals surface area contributed by atoms with Gasteiger partial charge >= 0.3 is 0 Å². The van der Waals surface area contributed by atoms with Crippen molar-refractivity contribution in [2.24, 2.45) is 0 Å². The third kappa shape index (κ3) is 2.94. The Balaban J connectivity index is 1.90. The maximum absolute atomic E-state index is 6.00. The van der Waals surface area contributed by atoms with Crippen molar-refractivity contribution < 1.29 is 4.52 Å². The molecule has 3 aromatic rings. The molecule has 2 aromatic carbocycles. The third-order valence-electron chi connectivity index (χ3n) is 3.06. The molecule has 0 radical (unpaired) electrons. The number of aromatic nitrogens is 2. The van der Waals surface area contributed by atoms with Gasteiger partial charge in [0.2, 0.25) is 0 Å². The summed E-state index contributed by atoms with van der Waals surface area (Å²) in [5.74, 6) is 0.966. The smallest absolute Gasteiger partial charge is 0.260 e. The fourth-order valence-electron chi connectivity index (χ4n) is 1.97. The lowest BCUT2D eigenvalue weighted by atomic mass is 10.1. The van der Waals surface area contributed by atoms with Crippen LogP contribution in [-0.4, -0.2) is 10.1 Å². The maximum Gasteiger partial charge on any atom is 0.260 e. The summed E-state index contributed by atoms with van der Waals surface area (Å²) in [6, 6.07) is 13.2. The number of rotatable bonds is 3. The van der Waals surface area contributed by atoms with Crippen molar-refractivity contribution in [3.05, 3.63) is 63.3 Å². The van der Waals surface area contributed by atoms with Crippen molar-refractivity contribution in [3.8, 4) is 11.5 Å². The molecule has 1 aromatic heterocycles. The van der Waals surface area contributed by atoms with Crippen LogP contribution in [0.2, 0.25) is 5.02 Å². The van der Waals surface area contributed by atoms with E-state index >= 15 is 0 Å². The quantitative estimate of drug-likeness (QED) is 0.703. The lowest BCUT2D eigenvalue weighted by Gasteiger charge is -2.01. The number of para-hydroxylation sites is 1. The Bertz CT molecular complexity index is 788. The van der Waals surface area contributed by atoms with E-state index in [1.54, 1.807) is 18.2 Å². The molecule has 3 rings (SSSR count). The van der Waals surface area contributed by atoms with Crippen LogP contribution in [0.25, 0.3) is 11.5 Å². The molecule has 2 N–H and O–H groups in total. The average Bonchev–Trinajstić information content (AvgIpc) is 2.93. The molecule has 106 valence electrons. The summed E-state index contributed by atoms with van der Waals surface area (Å²) in [5.41, 5.74) is 8.11. The van der Waals surface area contributed by atoms with E-state index in [-0.39, 0.29) is 0 Å². The Morgan fingerprint density at radius 3 is 2.76 bits per heavy atom. The van der Waals surface area contributed by atoms with Gasteiger partial charge in [-0.3, -0.25) is 0 Å². The number of hydrogen-bond donors (Lipinski definition) is 1. The van der Waals surface area contributed by atoms with Gasteiger partial charge in [0.1, 0.15) is 0 Å². The SMILES string of the molecule is Nc1c(Cl)cccc1-c1nc(Cc2ccccc2Br)no1. The highest BCUT2D eigenvalue weighted by molar-refractivity contribution is 9.10. The molecule has 0 spiro atoms. The van der Waals surface area contributed by atoms with Gasteiger partial charge in [-0.05, 0) is 23.8 Å². The first-order chi connectivity index (χ1) is 10.1. The van der Waals surface area contributed by atoms with Gasteiger partial charge in [0.05, 0.1) is 16.3 Å². The molecule has 0 atom stereocenters. The molecule has 0 bridgehead atoms. The van der Waals surface area contributed by atoms with Crippen LogP contribution in [-0.2, 0) is 6.42 Å². The van der Waals surface area contributed by atoms with Gasteiger partial charge in [0.25, 0.3) is 5.89 Å². The molecule has 21 heavy (non-hydrogen) atoms. The summed E-state index contributed by atoms with van der Waals surface area (Å²) in [5, 5.41) is 4.46. The largest absolute Gasteiger partial charge is 0.397 e. The van der Waals surface area contributed by atoms with Gasteiger partial charge in [-0.1, -0.05) is 57.0 Å². The van der Waals surface area contributed by atoms with Crippen LogP contribution in [0.4, 0.5) is 5.69 Å². The second-order valence-electron chi connectivity index (χ2n) is 4.49. The Hall–Kier alpha value is -1.85. The van der Waals surface area contributed by atoms with Crippen LogP contribution < -0.4 is 5.73 Å². The number of nitrogen functional groups attached to an aromatic ring is 1. The number of nitrogens with zero attached hydrogens (tertiary/aromatic N) is 2. The minimum absolute atomic E-state index is 0.372. The van der Waals surface area contributed by atoms with Crippen molar-refractivity contribution >= 4 is 33.2 Å². The standard InChI is InChI=1S/C15H11BrClN3O/c16-11-6-2-1-4-9(11)8-13-19-15(21-20-13)10-5-3-7-12(17)14(10)18/h1-7H,8,18H2. The van der Waals surface area contributed by atoms with Crippen LogP contribution in [0.3, 0.4) is 0 Å². The molecule has 0 fully saturated rings. The van der Waals surface area contributed by atoms with Crippen molar-refractivity contribution in [2.75, 3.05) is 5.73 Å². The van der Waals surface area contributed by atoms with Gasteiger partial charge < -0.3 is 10.3 Å². The molecule has 0 aliphatic carbocycles. The molecule has 1 heterocycles. The van der Waals surface area contributed by atoms with E-state index in [9.17, 15) is 0 Å². The normalized spacial score (nSPS) is 10.8. The summed E-state index contributed by atoms with van der Waals surface area (Å²) in [6.07, 6.45) is 0.575. The lowest BCUT2D eigenvalue weighted by molar-refractivity contribution is 0.424. The van der Waals surface area contributed by atoms with E-state index < -0.39 is 0 Å². The number of benzene rings is 2. The zero-order valence-electron chi connectivity index (χ0n) is 10.9. The summed E-state index contributed by atoms with van der Waals surface area (Å²) >= 11 is 9.50. The van der Waals surface area contributed by atoms with Gasteiger partial charge in [-0.25, -0.2) is 0 Å². The van der Waals surface area contributed by atoms with Crippen LogP contribution in [0, 0.1) is 0 Å². The van der Waals surface area contributed by atoms with E-state index in [4.69, 9.17) is 21.9 Å². The minimum Gasteiger partial charge on any atom is -0.397 e. The highest BCUT2D eigenvalue weighted by Crippen LogP contribution is 2.30. The van der Waals surface area contributed by atoms with Gasteiger partial charge in [-0.2, -0.15) is 4.98 Å². The lowest BCUT2D eigenvalue weighted by Crippen LogP contribution is -1.93. The first kappa shape index (κ1) is 14.1. The van der Waals surface area contributed by atoms with Crippen molar-refractivity contribution in [1.82, 2.24) is 10.1 Å². The molecular weight excluding hydrogens is 354 g/mol. The molecule has 6 heteroatoms. The fraction of sp³-hybridized carbons (Fsp3) is 0.0667. The summed E-state index contributed by atoms with van der Waals surface area (Å²) in [4.78, 5) is 4.38. The highest BCUT2D eigenvalue weighted by atomic mass is 79.9. The maximum atomic E-state index is 6.00. The van der Waals surface area contributed by atoms with E-state index in [0.29, 0.717) is 34.4 Å². The number of halogens is 2. The van der Waals surface area contributed by atoms with Crippen molar-refractivity contribution in [3.63, 3.8) is 0 Å². The van der Waals surface area contributed by atoms with E-state index in [0.717, 1.165) is 10.0 Å². The average molecular weight is 365 g/mol. The monoisotopic (exact) mass is 363 g/mol. The van der Waals surface area contributed by atoms with E-state index in [2.05, 4.69) is 26.1 Å². The Labute approximate surface area is 135 Å². The second-order valence-corrected chi connectivity index (χ2v) is 5.75. The van der Waals surface area contributed by atoms with Crippen LogP contribution >= 0.6 is 27.5 Å². The first-order valence-electron chi connectivity index (χ1n) is 6.25. The molecule has 0 amide bonds. The predicted octanol–water partition coefficient (Wildman–Crippen LogP) is 4.33. The molecule has 0 aliphatic rings. The number of anilines is 1.